The molecule has 53 heavy (non-hydrogen) atoms. The van der Waals surface area contributed by atoms with Crippen molar-refractivity contribution in [1.82, 2.24) is 4.98 Å². The lowest BCUT2D eigenvalue weighted by molar-refractivity contribution is 0.617. The van der Waals surface area contributed by atoms with Gasteiger partial charge in [-0.2, -0.15) is 0 Å². The Morgan fingerprint density at radius 3 is 1.38 bits per heavy atom. The Morgan fingerprint density at radius 2 is 0.774 bits per heavy atom. The summed E-state index contributed by atoms with van der Waals surface area (Å²) in [4.78, 5) is 7.09. The standard InChI is InChI=1S/C49H32N2O2/c1-4-10-33(11-5-1)34-16-18-35(19-17-34)36-20-25-41(26-21-36)51(40-14-8-3-9-15-40)42-27-22-37(23-28-42)39-24-29-46-43(30-39)44-31-45-48(32-47(44)52-46)53-49(50-45)38-12-6-2-7-13-38/h1-32H. The summed E-state index contributed by atoms with van der Waals surface area (Å²) < 4.78 is 12.4. The molecule has 10 rings (SSSR count). The molecule has 4 nitrogen and oxygen atoms in total. The molecule has 8 aromatic carbocycles. The summed E-state index contributed by atoms with van der Waals surface area (Å²) in [6, 6.07) is 67.8. The molecule has 250 valence electrons. The average Bonchev–Trinajstić information content (AvgIpc) is 3.82. The molecule has 2 aromatic heterocycles. The van der Waals surface area contributed by atoms with Gasteiger partial charge in [-0.3, -0.25) is 0 Å². The molecule has 4 heteroatoms. The molecule has 0 saturated heterocycles. The summed E-state index contributed by atoms with van der Waals surface area (Å²) in [6.45, 7) is 0. The molecule has 2 heterocycles. The first-order valence-electron chi connectivity index (χ1n) is 17.8. The quantitative estimate of drug-likeness (QED) is 0.168. The highest BCUT2D eigenvalue weighted by Gasteiger charge is 2.16. The number of nitrogens with zero attached hydrogens (tertiary/aromatic N) is 2. The Balaban J connectivity index is 0.957. The number of fused-ring (bicyclic) bond motifs is 4. The van der Waals surface area contributed by atoms with Crippen molar-refractivity contribution in [1.29, 1.82) is 0 Å². The van der Waals surface area contributed by atoms with Crippen LogP contribution in [0, 0.1) is 0 Å². The van der Waals surface area contributed by atoms with Crippen LogP contribution in [0.15, 0.2) is 203 Å². The summed E-state index contributed by atoms with van der Waals surface area (Å²) in [5, 5.41) is 2.07. The molecule has 0 radical (unpaired) electrons. The third kappa shape index (κ3) is 5.73. The summed E-state index contributed by atoms with van der Waals surface area (Å²) in [5.41, 5.74) is 14.4. The van der Waals surface area contributed by atoms with E-state index >= 15 is 0 Å². The van der Waals surface area contributed by atoms with Crippen LogP contribution in [-0.4, -0.2) is 4.98 Å². The van der Waals surface area contributed by atoms with Crippen molar-refractivity contribution >= 4 is 50.1 Å². The smallest absolute Gasteiger partial charge is 0.227 e. The minimum Gasteiger partial charge on any atom is -0.456 e. The maximum Gasteiger partial charge on any atom is 0.227 e. The molecule has 0 spiro atoms. The Hall–Kier alpha value is -7.17. The van der Waals surface area contributed by atoms with Crippen molar-refractivity contribution in [2.24, 2.45) is 0 Å². The van der Waals surface area contributed by atoms with Crippen molar-refractivity contribution < 1.29 is 8.83 Å². The zero-order chi connectivity index (χ0) is 35.1. The molecule has 0 N–H and O–H groups in total. The number of benzene rings is 8. The lowest BCUT2D eigenvalue weighted by Gasteiger charge is -2.26. The molecule has 0 amide bonds. The van der Waals surface area contributed by atoms with E-state index < -0.39 is 0 Å². The summed E-state index contributed by atoms with van der Waals surface area (Å²) >= 11 is 0. The van der Waals surface area contributed by atoms with Crippen molar-refractivity contribution in [3.8, 4) is 44.8 Å². The van der Waals surface area contributed by atoms with Gasteiger partial charge in [-0.05, 0) is 100 Å². The minimum atomic E-state index is 0.604. The van der Waals surface area contributed by atoms with Crippen LogP contribution in [0.1, 0.15) is 0 Å². The monoisotopic (exact) mass is 680 g/mol. The van der Waals surface area contributed by atoms with Gasteiger partial charge in [0.25, 0.3) is 0 Å². The molecular weight excluding hydrogens is 649 g/mol. The van der Waals surface area contributed by atoms with E-state index in [4.69, 9.17) is 13.8 Å². The summed E-state index contributed by atoms with van der Waals surface area (Å²) in [6.07, 6.45) is 0. The van der Waals surface area contributed by atoms with Gasteiger partial charge in [0.15, 0.2) is 5.58 Å². The van der Waals surface area contributed by atoms with Crippen LogP contribution in [-0.2, 0) is 0 Å². The van der Waals surface area contributed by atoms with Gasteiger partial charge in [0.1, 0.15) is 16.7 Å². The highest BCUT2D eigenvalue weighted by molar-refractivity contribution is 6.10. The minimum absolute atomic E-state index is 0.604. The number of hydrogen-bond acceptors (Lipinski definition) is 4. The summed E-state index contributed by atoms with van der Waals surface area (Å²) in [7, 11) is 0. The van der Waals surface area contributed by atoms with Crippen LogP contribution in [0.4, 0.5) is 17.1 Å². The van der Waals surface area contributed by atoms with Crippen LogP contribution in [0.5, 0.6) is 0 Å². The van der Waals surface area contributed by atoms with Gasteiger partial charge < -0.3 is 13.7 Å². The number of anilines is 3. The van der Waals surface area contributed by atoms with Gasteiger partial charge in [0.2, 0.25) is 5.89 Å². The molecule has 0 atom stereocenters. The number of hydrogen-bond donors (Lipinski definition) is 0. The predicted molar refractivity (Wildman–Crippen MR) is 218 cm³/mol. The topological polar surface area (TPSA) is 42.4 Å². The number of furan rings is 1. The Bertz CT molecular complexity index is 2840. The summed E-state index contributed by atoms with van der Waals surface area (Å²) in [5.74, 6) is 0.604. The van der Waals surface area contributed by atoms with Crippen molar-refractivity contribution in [2.45, 2.75) is 0 Å². The normalized spacial score (nSPS) is 11.4. The van der Waals surface area contributed by atoms with E-state index in [2.05, 4.69) is 157 Å². The van der Waals surface area contributed by atoms with Gasteiger partial charge in [-0.1, -0.05) is 121 Å². The maximum atomic E-state index is 6.28. The molecular formula is C49H32N2O2. The lowest BCUT2D eigenvalue weighted by atomic mass is 10.00. The van der Waals surface area contributed by atoms with Gasteiger partial charge in [-0.15, -0.1) is 0 Å². The first-order valence-corrected chi connectivity index (χ1v) is 17.8. The van der Waals surface area contributed by atoms with E-state index in [-0.39, 0.29) is 0 Å². The second-order valence-corrected chi connectivity index (χ2v) is 13.2. The van der Waals surface area contributed by atoms with Crippen LogP contribution in [0.3, 0.4) is 0 Å². The Kier molecular flexibility index (Phi) is 7.43. The van der Waals surface area contributed by atoms with E-state index in [1.54, 1.807) is 0 Å². The molecule has 0 bridgehead atoms. The molecule has 0 aliphatic rings. The molecule has 0 saturated carbocycles. The van der Waals surface area contributed by atoms with Crippen molar-refractivity contribution in [3.05, 3.63) is 194 Å². The van der Waals surface area contributed by atoms with Crippen LogP contribution >= 0.6 is 0 Å². The van der Waals surface area contributed by atoms with E-state index in [0.717, 1.165) is 61.2 Å². The second kappa shape index (κ2) is 12.9. The van der Waals surface area contributed by atoms with Crippen molar-refractivity contribution in [3.63, 3.8) is 0 Å². The highest BCUT2D eigenvalue weighted by atomic mass is 16.4. The molecule has 10 aromatic rings. The fourth-order valence-corrected chi connectivity index (χ4v) is 7.20. The largest absolute Gasteiger partial charge is 0.456 e. The van der Waals surface area contributed by atoms with E-state index in [0.29, 0.717) is 11.5 Å². The molecule has 0 aliphatic carbocycles. The third-order valence-corrected chi connectivity index (χ3v) is 9.92. The Labute approximate surface area is 306 Å². The molecule has 0 aliphatic heterocycles. The van der Waals surface area contributed by atoms with Gasteiger partial charge in [-0.25, -0.2) is 4.98 Å². The number of para-hydroxylation sites is 1. The van der Waals surface area contributed by atoms with Gasteiger partial charge in [0.05, 0.1) is 0 Å². The predicted octanol–water partition coefficient (Wildman–Crippen LogP) is 13.9. The van der Waals surface area contributed by atoms with E-state index in [1.165, 1.54) is 22.3 Å². The van der Waals surface area contributed by atoms with Gasteiger partial charge >= 0.3 is 0 Å². The average molecular weight is 681 g/mol. The fraction of sp³-hybridized carbons (Fsp3) is 0. The third-order valence-electron chi connectivity index (χ3n) is 9.92. The SMILES string of the molecule is c1ccc(-c2ccc(-c3ccc(N(c4ccccc4)c4ccc(-c5ccc6oc7cc8oc(-c9ccccc9)nc8cc7c6c5)cc4)cc3)cc2)cc1. The zero-order valence-electron chi connectivity index (χ0n) is 28.7. The van der Waals surface area contributed by atoms with Crippen molar-refractivity contribution in [2.75, 3.05) is 4.90 Å². The maximum absolute atomic E-state index is 6.28. The van der Waals surface area contributed by atoms with E-state index in [9.17, 15) is 0 Å². The second-order valence-electron chi connectivity index (χ2n) is 13.2. The lowest BCUT2D eigenvalue weighted by Crippen LogP contribution is -2.09. The first-order chi connectivity index (χ1) is 26.2. The molecule has 0 fully saturated rings. The molecule has 0 unspecified atom stereocenters. The van der Waals surface area contributed by atoms with Crippen LogP contribution < -0.4 is 4.90 Å². The van der Waals surface area contributed by atoms with E-state index in [1.807, 2.05) is 42.5 Å². The first kappa shape index (κ1) is 30.6. The van der Waals surface area contributed by atoms with Gasteiger partial charge in [0, 0.05) is 39.5 Å². The number of aromatic nitrogens is 1. The van der Waals surface area contributed by atoms with Crippen LogP contribution in [0.2, 0.25) is 0 Å². The highest BCUT2D eigenvalue weighted by Crippen LogP contribution is 2.39. The number of rotatable bonds is 7. The zero-order valence-corrected chi connectivity index (χ0v) is 28.7. The fourth-order valence-electron chi connectivity index (χ4n) is 7.20. The Morgan fingerprint density at radius 1 is 0.321 bits per heavy atom. The number of oxazole rings is 1. The van der Waals surface area contributed by atoms with Crippen LogP contribution in [0.25, 0.3) is 77.9 Å².